The van der Waals surface area contributed by atoms with Crippen molar-refractivity contribution in [1.29, 1.82) is 0 Å². The fourth-order valence-corrected chi connectivity index (χ4v) is 2.78. The van der Waals surface area contributed by atoms with Gasteiger partial charge in [-0.2, -0.15) is 0 Å². The summed E-state index contributed by atoms with van der Waals surface area (Å²) in [6.45, 7) is 4.73. The van der Waals surface area contributed by atoms with Crippen LogP contribution >= 0.6 is 0 Å². The summed E-state index contributed by atoms with van der Waals surface area (Å²) in [6.07, 6.45) is 2.95. The molecule has 0 saturated carbocycles. The second-order valence-electron chi connectivity index (χ2n) is 5.93. The average Bonchev–Trinajstić information content (AvgIpc) is 3.28. The zero-order chi connectivity index (χ0) is 21.4. The molecule has 8 nitrogen and oxygen atoms in total. The van der Waals surface area contributed by atoms with Crippen molar-refractivity contribution in [1.82, 2.24) is 10.2 Å². The van der Waals surface area contributed by atoms with Crippen molar-refractivity contribution in [2.45, 2.75) is 13.8 Å². The number of carbonyl (C=O) groups is 2. The zero-order valence-electron chi connectivity index (χ0n) is 17.3. The standard InChI is InChI=1S/C21H26N2O6/c1-6-23(7-2)21(25)15(22-20(24)16-9-8-10-29-16)11-14-12-17(26-3)19(28-5)18(13-14)27-4/h8-13H,6-7H2,1-5H3,(H,22,24). The van der Waals surface area contributed by atoms with E-state index in [-0.39, 0.29) is 17.4 Å². The molecule has 0 bridgehead atoms. The van der Waals surface area contributed by atoms with Gasteiger partial charge in [-0.25, -0.2) is 0 Å². The number of benzene rings is 1. The lowest BCUT2D eigenvalue weighted by molar-refractivity contribution is -0.127. The Morgan fingerprint density at radius 1 is 1.07 bits per heavy atom. The summed E-state index contributed by atoms with van der Waals surface area (Å²) in [5, 5.41) is 2.64. The molecule has 156 valence electrons. The monoisotopic (exact) mass is 402 g/mol. The number of nitrogens with zero attached hydrogens (tertiary/aromatic N) is 1. The van der Waals surface area contributed by atoms with Crippen LogP contribution in [-0.2, 0) is 4.79 Å². The number of likely N-dealkylation sites (N-methyl/N-ethyl adjacent to an activating group) is 1. The van der Waals surface area contributed by atoms with E-state index < -0.39 is 5.91 Å². The number of furan rings is 1. The highest BCUT2D eigenvalue weighted by Gasteiger charge is 2.21. The van der Waals surface area contributed by atoms with Gasteiger partial charge in [0.1, 0.15) is 5.70 Å². The molecule has 0 radical (unpaired) electrons. The Balaban J connectivity index is 2.50. The molecule has 2 rings (SSSR count). The van der Waals surface area contributed by atoms with Gasteiger partial charge in [0.2, 0.25) is 5.75 Å². The fourth-order valence-electron chi connectivity index (χ4n) is 2.78. The minimum absolute atomic E-state index is 0.101. The molecule has 2 amide bonds. The number of hydrogen-bond acceptors (Lipinski definition) is 6. The third-order valence-corrected chi connectivity index (χ3v) is 4.27. The van der Waals surface area contributed by atoms with E-state index in [2.05, 4.69) is 5.32 Å². The van der Waals surface area contributed by atoms with Gasteiger partial charge in [0.15, 0.2) is 17.3 Å². The molecule has 0 saturated heterocycles. The highest BCUT2D eigenvalue weighted by Crippen LogP contribution is 2.38. The minimum Gasteiger partial charge on any atom is -0.493 e. The van der Waals surface area contributed by atoms with Crippen molar-refractivity contribution in [3.8, 4) is 17.2 Å². The summed E-state index contributed by atoms with van der Waals surface area (Å²) >= 11 is 0. The normalized spacial score (nSPS) is 11.0. The summed E-state index contributed by atoms with van der Waals surface area (Å²) in [5.41, 5.74) is 0.694. The number of methoxy groups -OCH3 is 3. The summed E-state index contributed by atoms with van der Waals surface area (Å²) in [4.78, 5) is 27.0. The first-order valence-electron chi connectivity index (χ1n) is 9.14. The number of ether oxygens (including phenoxy) is 3. The van der Waals surface area contributed by atoms with Gasteiger partial charge < -0.3 is 28.8 Å². The van der Waals surface area contributed by atoms with Crippen LogP contribution in [0.4, 0.5) is 0 Å². The molecule has 29 heavy (non-hydrogen) atoms. The SMILES string of the molecule is CCN(CC)C(=O)C(=Cc1cc(OC)c(OC)c(OC)c1)NC(=O)c1ccco1. The van der Waals surface area contributed by atoms with E-state index in [9.17, 15) is 9.59 Å². The van der Waals surface area contributed by atoms with Crippen LogP contribution in [0.1, 0.15) is 30.0 Å². The predicted molar refractivity (Wildman–Crippen MR) is 108 cm³/mol. The van der Waals surface area contributed by atoms with Crippen LogP contribution in [0.5, 0.6) is 17.2 Å². The number of amides is 2. The summed E-state index contributed by atoms with van der Waals surface area (Å²) in [7, 11) is 4.52. The maximum atomic E-state index is 13.0. The van der Waals surface area contributed by atoms with Crippen LogP contribution in [0.25, 0.3) is 6.08 Å². The molecule has 1 aromatic heterocycles. The van der Waals surface area contributed by atoms with Crippen molar-refractivity contribution < 1.29 is 28.2 Å². The molecule has 8 heteroatoms. The molecule has 1 aromatic carbocycles. The van der Waals surface area contributed by atoms with Crippen LogP contribution in [-0.4, -0.2) is 51.1 Å². The average molecular weight is 402 g/mol. The Morgan fingerprint density at radius 3 is 2.14 bits per heavy atom. The number of rotatable bonds is 9. The van der Waals surface area contributed by atoms with Gasteiger partial charge in [-0.1, -0.05) is 0 Å². The van der Waals surface area contributed by atoms with Gasteiger partial charge in [0.25, 0.3) is 11.8 Å². The van der Waals surface area contributed by atoms with Crippen LogP contribution in [0.3, 0.4) is 0 Å². The quantitative estimate of drug-likeness (QED) is 0.649. The molecule has 2 aromatic rings. The Bertz CT molecular complexity index is 844. The molecule has 1 N–H and O–H groups in total. The largest absolute Gasteiger partial charge is 0.493 e. The fraction of sp³-hybridized carbons (Fsp3) is 0.333. The molecular formula is C21H26N2O6. The van der Waals surface area contributed by atoms with Crippen molar-refractivity contribution in [2.24, 2.45) is 0 Å². The molecule has 1 heterocycles. The molecule has 0 spiro atoms. The second kappa shape index (κ2) is 10.2. The lowest BCUT2D eigenvalue weighted by Crippen LogP contribution is -2.38. The number of carbonyl (C=O) groups excluding carboxylic acids is 2. The smallest absolute Gasteiger partial charge is 0.291 e. The molecule has 0 unspecified atom stereocenters. The van der Waals surface area contributed by atoms with E-state index in [0.29, 0.717) is 35.9 Å². The first-order chi connectivity index (χ1) is 14.0. The van der Waals surface area contributed by atoms with Gasteiger partial charge in [0.05, 0.1) is 27.6 Å². The van der Waals surface area contributed by atoms with E-state index in [0.717, 1.165) is 0 Å². The maximum Gasteiger partial charge on any atom is 0.291 e. The Labute approximate surface area is 170 Å². The highest BCUT2D eigenvalue weighted by atomic mass is 16.5. The molecule has 0 aliphatic rings. The summed E-state index contributed by atoms with van der Waals surface area (Å²) < 4.78 is 21.2. The minimum atomic E-state index is -0.519. The molecule has 0 fully saturated rings. The van der Waals surface area contributed by atoms with Crippen LogP contribution < -0.4 is 19.5 Å². The van der Waals surface area contributed by atoms with Crippen molar-refractivity contribution in [3.63, 3.8) is 0 Å². The van der Waals surface area contributed by atoms with Crippen LogP contribution in [0, 0.1) is 0 Å². The molecule has 0 atom stereocenters. The van der Waals surface area contributed by atoms with Crippen molar-refractivity contribution in [3.05, 3.63) is 47.5 Å². The van der Waals surface area contributed by atoms with Gasteiger partial charge in [-0.15, -0.1) is 0 Å². The van der Waals surface area contributed by atoms with E-state index in [4.69, 9.17) is 18.6 Å². The molecular weight excluding hydrogens is 376 g/mol. The Kier molecular flexibility index (Phi) is 7.70. The van der Waals surface area contributed by atoms with Gasteiger partial charge >= 0.3 is 0 Å². The predicted octanol–water partition coefficient (Wildman–Crippen LogP) is 2.94. The zero-order valence-corrected chi connectivity index (χ0v) is 17.3. The first-order valence-corrected chi connectivity index (χ1v) is 9.14. The Hall–Kier alpha value is -3.42. The highest BCUT2D eigenvalue weighted by molar-refractivity contribution is 6.04. The van der Waals surface area contributed by atoms with Crippen LogP contribution in [0.2, 0.25) is 0 Å². The molecule has 0 aliphatic heterocycles. The van der Waals surface area contributed by atoms with E-state index in [1.807, 2.05) is 13.8 Å². The first kappa shape index (κ1) is 21.9. The number of hydrogen-bond donors (Lipinski definition) is 1. The van der Waals surface area contributed by atoms with Crippen LogP contribution in [0.15, 0.2) is 40.6 Å². The topological polar surface area (TPSA) is 90.2 Å². The van der Waals surface area contributed by atoms with Gasteiger partial charge in [-0.3, -0.25) is 9.59 Å². The maximum absolute atomic E-state index is 13.0. The van der Waals surface area contributed by atoms with E-state index in [1.54, 1.807) is 29.2 Å². The van der Waals surface area contributed by atoms with E-state index >= 15 is 0 Å². The third-order valence-electron chi connectivity index (χ3n) is 4.27. The number of nitrogens with one attached hydrogen (secondary N) is 1. The van der Waals surface area contributed by atoms with Crippen molar-refractivity contribution >= 4 is 17.9 Å². The Morgan fingerprint density at radius 2 is 1.69 bits per heavy atom. The van der Waals surface area contributed by atoms with Gasteiger partial charge in [0, 0.05) is 13.1 Å². The van der Waals surface area contributed by atoms with Gasteiger partial charge in [-0.05, 0) is 49.8 Å². The summed E-state index contributed by atoms with van der Waals surface area (Å²) in [6, 6.07) is 6.50. The summed E-state index contributed by atoms with van der Waals surface area (Å²) in [5.74, 6) is 0.574. The second-order valence-corrected chi connectivity index (χ2v) is 5.93. The lowest BCUT2D eigenvalue weighted by atomic mass is 10.1. The molecule has 0 aliphatic carbocycles. The van der Waals surface area contributed by atoms with Crippen molar-refractivity contribution in [2.75, 3.05) is 34.4 Å². The third kappa shape index (κ3) is 5.10. The lowest BCUT2D eigenvalue weighted by Gasteiger charge is -2.21. The van der Waals surface area contributed by atoms with E-state index in [1.165, 1.54) is 33.7 Å².